The minimum absolute atomic E-state index is 0.0113. The van der Waals surface area contributed by atoms with Gasteiger partial charge in [0.1, 0.15) is 17.7 Å². The number of anilines is 2. The van der Waals surface area contributed by atoms with E-state index in [1.165, 1.54) is 19.5 Å². The molecule has 2 heterocycles. The van der Waals surface area contributed by atoms with E-state index in [0.29, 0.717) is 27.2 Å². The third-order valence-electron chi connectivity index (χ3n) is 5.48. The summed E-state index contributed by atoms with van der Waals surface area (Å²) in [4.78, 5) is 28.5. The van der Waals surface area contributed by atoms with Crippen LogP contribution in [-0.2, 0) is 4.84 Å². The van der Waals surface area contributed by atoms with Gasteiger partial charge >= 0.3 is 5.69 Å². The van der Waals surface area contributed by atoms with Gasteiger partial charge in [-0.15, -0.1) is 0 Å². The van der Waals surface area contributed by atoms with E-state index >= 15 is 0 Å². The van der Waals surface area contributed by atoms with E-state index in [1.807, 2.05) is 0 Å². The average Bonchev–Trinajstić information content (AvgIpc) is 3.13. The Morgan fingerprint density at radius 2 is 2.16 bits per heavy atom. The highest BCUT2D eigenvalue weighted by molar-refractivity contribution is 6.31. The van der Waals surface area contributed by atoms with Gasteiger partial charge in [0.2, 0.25) is 0 Å². The average molecular weight is 455 g/mol. The van der Waals surface area contributed by atoms with Crippen LogP contribution in [0.3, 0.4) is 0 Å². The van der Waals surface area contributed by atoms with Gasteiger partial charge in [-0.25, -0.2) is 19.2 Å². The Kier molecular flexibility index (Phi) is 5.96. The maximum absolute atomic E-state index is 14.4. The van der Waals surface area contributed by atoms with Crippen LogP contribution in [0.2, 0.25) is 5.02 Å². The van der Waals surface area contributed by atoms with E-state index in [0.717, 1.165) is 19.5 Å². The van der Waals surface area contributed by atoms with Gasteiger partial charge in [0.15, 0.2) is 12.9 Å². The molecule has 7 nitrogen and oxygen atoms in total. The molecule has 1 aliphatic rings. The molecule has 2 aromatic carbocycles. The lowest BCUT2D eigenvalue weighted by molar-refractivity contribution is -0.736. The van der Waals surface area contributed by atoms with E-state index in [9.17, 15) is 9.30 Å². The zero-order valence-electron chi connectivity index (χ0n) is 17.9. The van der Waals surface area contributed by atoms with Crippen LogP contribution in [0, 0.1) is 28.0 Å². The molecule has 0 aliphatic carbocycles. The molecule has 0 amide bonds. The van der Waals surface area contributed by atoms with Gasteiger partial charge < -0.3 is 10.2 Å². The van der Waals surface area contributed by atoms with Crippen molar-refractivity contribution < 1.29 is 14.2 Å². The summed E-state index contributed by atoms with van der Waals surface area (Å²) < 4.78 is 14.4. The van der Waals surface area contributed by atoms with Gasteiger partial charge in [-0.1, -0.05) is 29.5 Å². The topological polar surface area (TPSA) is 70.4 Å². The summed E-state index contributed by atoms with van der Waals surface area (Å²) in [5.74, 6) is 6.20. The molecule has 0 unspecified atom stereocenters. The molecule has 1 fully saturated rings. The van der Waals surface area contributed by atoms with Crippen molar-refractivity contribution in [2.24, 2.45) is 5.41 Å². The second-order valence-electron chi connectivity index (χ2n) is 8.07. The predicted molar refractivity (Wildman–Crippen MR) is 122 cm³/mol. The second-order valence-corrected chi connectivity index (χ2v) is 8.48. The predicted octanol–water partition coefficient (Wildman–Crippen LogP) is 4.83. The highest BCUT2D eigenvalue weighted by Gasteiger charge is 2.30. The standard InChI is InChI=1S/C23H22ClFN5O2/c1-23(9-10-29(2)13-23)8-7-15-11-19-16(12-20(15)30(31)32-3)22(27-14-26-19)28-18-6-4-5-17(24)21(18)25/h4-6,11-12,14H,9-10,13H2,1-3H3,(H,26,27,28)/q+1/t23-/m0/s1. The van der Waals surface area contributed by atoms with E-state index in [2.05, 4.69) is 46.0 Å². The van der Waals surface area contributed by atoms with Gasteiger partial charge in [-0.3, -0.25) is 0 Å². The molecule has 0 spiro atoms. The number of nitrogens with zero attached hydrogens (tertiary/aromatic N) is 4. The molecule has 32 heavy (non-hydrogen) atoms. The van der Waals surface area contributed by atoms with E-state index in [1.54, 1.807) is 24.3 Å². The minimum Gasteiger partial charge on any atom is -0.337 e. The number of fused-ring (bicyclic) bond motifs is 1. The zero-order valence-corrected chi connectivity index (χ0v) is 18.7. The molecule has 1 aliphatic heterocycles. The Balaban J connectivity index is 1.80. The molecule has 1 N–H and O–H groups in total. The molecule has 1 saturated heterocycles. The molecule has 164 valence electrons. The van der Waals surface area contributed by atoms with Gasteiger partial charge in [0, 0.05) is 18.0 Å². The van der Waals surface area contributed by atoms with Gasteiger partial charge in [-0.2, -0.15) is 0 Å². The second kappa shape index (κ2) is 8.69. The van der Waals surface area contributed by atoms with Crippen molar-refractivity contribution in [1.29, 1.82) is 0 Å². The fraction of sp³-hybridized carbons (Fsp3) is 0.304. The number of halogens is 2. The lowest BCUT2D eigenvalue weighted by Crippen LogP contribution is -2.20. The molecule has 0 radical (unpaired) electrons. The molecule has 9 heteroatoms. The fourth-order valence-electron chi connectivity index (χ4n) is 3.78. The summed E-state index contributed by atoms with van der Waals surface area (Å²) in [6.45, 7) is 3.94. The van der Waals surface area contributed by atoms with Crippen LogP contribution in [0.1, 0.15) is 18.9 Å². The van der Waals surface area contributed by atoms with E-state index < -0.39 is 5.82 Å². The Bertz CT molecular complexity index is 1270. The number of nitrogens with one attached hydrogen (secondary N) is 1. The summed E-state index contributed by atoms with van der Waals surface area (Å²) in [6.07, 6.45) is 2.31. The molecule has 1 aromatic heterocycles. The van der Waals surface area contributed by atoms with Crippen molar-refractivity contribution in [2.75, 3.05) is 32.6 Å². The Labute approximate surface area is 190 Å². The van der Waals surface area contributed by atoms with Crippen molar-refractivity contribution in [3.05, 3.63) is 58.0 Å². The van der Waals surface area contributed by atoms with Gasteiger partial charge in [0.25, 0.3) is 4.92 Å². The first-order valence-corrected chi connectivity index (χ1v) is 10.4. The largest absolute Gasteiger partial charge is 0.337 e. The van der Waals surface area contributed by atoms with Crippen LogP contribution in [0.4, 0.5) is 21.6 Å². The Morgan fingerprint density at radius 3 is 2.88 bits per heavy atom. The number of hydrogen-bond acceptors (Lipinski definition) is 6. The summed E-state index contributed by atoms with van der Waals surface area (Å²) in [5, 5.41) is 3.43. The Morgan fingerprint density at radius 1 is 1.34 bits per heavy atom. The summed E-state index contributed by atoms with van der Waals surface area (Å²) >= 11 is 5.88. The van der Waals surface area contributed by atoms with Crippen LogP contribution >= 0.6 is 11.6 Å². The normalized spacial score (nSPS) is 18.3. The van der Waals surface area contributed by atoms with Crippen LogP contribution in [0.15, 0.2) is 36.7 Å². The smallest absolute Gasteiger partial charge is 0.333 e. The maximum atomic E-state index is 14.4. The van der Waals surface area contributed by atoms with Gasteiger partial charge in [-0.05, 0) is 45.1 Å². The summed E-state index contributed by atoms with van der Waals surface area (Å²) in [6, 6.07) is 7.93. The van der Waals surface area contributed by atoms with Crippen molar-refractivity contribution in [1.82, 2.24) is 14.9 Å². The SMILES string of the molecule is CO[N+](=O)c1cc2c(Nc3cccc(Cl)c3F)ncnc2cc1C#C[C@@]1(C)CCN(C)C1. The Hall–Kier alpha value is -3.28. The van der Waals surface area contributed by atoms with Crippen LogP contribution in [0.25, 0.3) is 10.9 Å². The van der Waals surface area contributed by atoms with Crippen molar-refractivity contribution in [3.8, 4) is 11.8 Å². The molecular formula is C23H22ClFN5O2+. The minimum atomic E-state index is -0.597. The molecular weight excluding hydrogens is 433 g/mol. The van der Waals surface area contributed by atoms with Crippen molar-refractivity contribution in [2.45, 2.75) is 13.3 Å². The third kappa shape index (κ3) is 4.35. The van der Waals surface area contributed by atoms with Gasteiger partial charge in [0.05, 0.1) is 26.5 Å². The monoisotopic (exact) mass is 454 g/mol. The lowest BCUT2D eigenvalue weighted by Gasteiger charge is -2.15. The van der Waals surface area contributed by atoms with Crippen molar-refractivity contribution in [3.63, 3.8) is 0 Å². The lowest BCUT2D eigenvalue weighted by atomic mass is 9.90. The number of likely N-dealkylation sites (tertiary alicyclic amines) is 1. The number of aromatic nitrogens is 2. The van der Waals surface area contributed by atoms with Crippen molar-refractivity contribution >= 4 is 39.7 Å². The summed E-state index contributed by atoms with van der Waals surface area (Å²) in [5.41, 5.74) is 1.25. The first kappa shape index (κ1) is 21.9. The molecule has 4 rings (SSSR count). The zero-order chi connectivity index (χ0) is 22.9. The van der Waals surface area contributed by atoms with Crippen LogP contribution < -0.4 is 5.32 Å². The third-order valence-corrected chi connectivity index (χ3v) is 5.78. The summed E-state index contributed by atoms with van der Waals surface area (Å²) in [7, 11) is 3.34. The quantitative estimate of drug-likeness (QED) is 0.449. The fourth-order valence-corrected chi connectivity index (χ4v) is 3.95. The number of benzene rings is 2. The first-order chi connectivity index (χ1) is 15.3. The number of hydrogen-bond donors (Lipinski definition) is 1. The highest BCUT2D eigenvalue weighted by Crippen LogP contribution is 2.33. The maximum Gasteiger partial charge on any atom is 0.333 e. The molecule has 1 atom stereocenters. The number of rotatable bonds is 4. The molecule has 0 bridgehead atoms. The van der Waals surface area contributed by atoms with Crippen LogP contribution in [-0.4, -0.2) is 47.0 Å². The molecule has 0 saturated carbocycles. The first-order valence-electron chi connectivity index (χ1n) is 10.0. The van der Waals surface area contributed by atoms with E-state index in [-0.39, 0.29) is 21.8 Å². The van der Waals surface area contributed by atoms with Crippen LogP contribution in [0.5, 0.6) is 0 Å². The highest BCUT2D eigenvalue weighted by atomic mass is 35.5. The van der Waals surface area contributed by atoms with E-state index in [4.69, 9.17) is 16.4 Å². The molecule has 3 aromatic rings.